The smallest absolute Gasteiger partial charge is 0.315 e. The van der Waals surface area contributed by atoms with Crippen molar-refractivity contribution in [2.24, 2.45) is 0 Å². The molecule has 1 saturated carbocycles. The minimum Gasteiger partial charge on any atom is -0.334 e. The van der Waals surface area contributed by atoms with Crippen LogP contribution in [0.5, 0.6) is 0 Å². The van der Waals surface area contributed by atoms with Gasteiger partial charge < -0.3 is 10.6 Å². The van der Waals surface area contributed by atoms with Crippen molar-refractivity contribution in [1.82, 2.24) is 25.4 Å². The SMILES string of the molecule is CCS[C@@H]1CCCC[C@@H]1NC(=O)N[C@@H](C)Cn1cncn1. The second kappa shape index (κ2) is 8.26. The van der Waals surface area contributed by atoms with Crippen LogP contribution in [-0.4, -0.2) is 43.9 Å². The summed E-state index contributed by atoms with van der Waals surface area (Å²) in [4.78, 5) is 16.0. The van der Waals surface area contributed by atoms with E-state index in [0.29, 0.717) is 17.8 Å². The Kier molecular flexibility index (Phi) is 6.35. The van der Waals surface area contributed by atoms with Gasteiger partial charge in [-0.15, -0.1) is 0 Å². The highest BCUT2D eigenvalue weighted by Crippen LogP contribution is 2.28. The lowest BCUT2D eigenvalue weighted by Crippen LogP contribution is -2.50. The first-order valence-electron chi connectivity index (χ1n) is 7.70. The number of carbonyl (C=O) groups is 1. The Balaban J connectivity index is 1.77. The average Bonchev–Trinajstić information content (AvgIpc) is 2.93. The average molecular weight is 311 g/mol. The van der Waals surface area contributed by atoms with Gasteiger partial charge in [-0.3, -0.25) is 4.68 Å². The van der Waals surface area contributed by atoms with E-state index in [2.05, 4.69) is 27.6 Å². The maximum atomic E-state index is 12.1. The molecular formula is C14H25N5OS. The van der Waals surface area contributed by atoms with Gasteiger partial charge in [0.05, 0.1) is 6.54 Å². The normalized spacial score (nSPS) is 23.5. The molecule has 0 saturated heterocycles. The summed E-state index contributed by atoms with van der Waals surface area (Å²) in [5.41, 5.74) is 0. The van der Waals surface area contributed by atoms with Crippen molar-refractivity contribution >= 4 is 17.8 Å². The summed E-state index contributed by atoms with van der Waals surface area (Å²) in [6.07, 6.45) is 7.94. The molecule has 1 aromatic rings. The maximum Gasteiger partial charge on any atom is 0.315 e. The summed E-state index contributed by atoms with van der Waals surface area (Å²) in [7, 11) is 0. The van der Waals surface area contributed by atoms with Crippen molar-refractivity contribution in [3.63, 3.8) is 0 Å². The number of urea groups is 1. The molecule has 0 aliphatic heterocycles. The number of hydrogen-bond acceptors (Lipinski definition) is 4. The zero-order chi connectivity index (χ0) is 15.1. The zero-order valence-corrected chi connectivity index (χ0v) is 13.6. The van der Waals surface area contributed by atoms with Gasteiger partial charge in [-0.1, -0.05) is 19.8 Å². The number of amides is 2. The summed E-state index contributed by atoms with van der Waals surface area (Å²) in [5.74, 6) is 1.10. The van der Waals surface area contributed by atoms with Gasteiger partial charge in [0.1, 0.15) is 12.7 Å². The second-order valence-corrected chi connectivity index (χ2v) is 7.04. The molecule has 21 heavy (non-hydrogen) atoms. The van der Waals surface area contributed by atoms with Crippen LogP contribution in [0.3, 0.4) is 0 Å². The minimum atomic E-state index is -0.0729. The van der Waals surface area contributed by atoms with Gasteiger partial charge in [-0.25, -0.2) is 9.78 Å². The standard InChI is InChI=1S/C14H25N5OS/c1-3-21-13-7-5-4-6-12(13)18-14(20)17-11(2)8-19-10-15-9-16-19/h9-13H,3-8H2,1-2H3,(H2,17,18,20)/t11-,12-,13+/m0/s1. The van der Waals surface area contributed by atoms with Crippen LogP contribution < -0.4 is 10.6 Å². The number of thioether (sulfide) groups is 1. The molecule has 118 valence electrons. The van der Waals surface area contributed by atoms with Crippen LogP contribution in [-0.2, 0) is 6.54 Å². The van der Waals surface area contributed by atoms with Gasteiger partial charge in [-0.05, 0) is 25.5 Å². The third kappa shape index (κ3) is 5.22. The van der Waals surface area contributed by atoms with Crippen LogP contribution in [0.15, 0.2) is 12.7 Å². The van der Waals surface area contributed by atoms with E-state index in [1.54, 1.807) is 11.0 Å². The highest BCUT2D eigenvalue weighted by molar-refractivity contribution is 7.99. The number of nitrogens with zero attached hydrogens (tertiary/aromatic N) is 3. The first-order valence-corrected chi connectivity index (χ1v) is 8.75. The fourth-order valence-electron chi connectivity index (χ4n) is 2.76. The number of nitrogens with one attached hydrogen (secondary N) is 2. The van der Waals surface area contributed by atoms with Crippen molar-refractivity contribution in [2.45, 2.75) is 63.4 Å². The zero-order valence-electron chi connectivity index (χ0n) is 12.8. The molecule has 1 aliphatic rings. The van der Waals surface area contributed by atoms with Crippen LogP contribution in [0.1, 0.15) is 39.5 Å². The van der Waals surface area contributed by atoms with E-state index < -0.39 is 0 Å². The highest BCUT2D eigenvalue weighted by Gasteiger charge is 2.26. The predicted molar refractivity (Wildman–Crippen MR) is 85.3 cm³/mol. The quantitative estimate of drug-likeness (QED) is 0.843. The number of rotatable bonds is 6. The number of carbonyl (C=O) groups excluding carboxylic acids is 1. The second-order valence-electron chi connectivity index (χ2n) is 5.52. The molecule has 0 spiro atoms. The van der Waals surface area contributed by atoms with Crippen LogP contribution in [0.25, 0.3) is 0 Å². The van der Waals surface area contributed by atoms with Crippen LogP contribution in [0.2, 0.25) is 0 Å². The highest BCUT2D eigenvalue weighted by atomic mass is 32.2. The molecule has 1 heterocycles. The minimum absolute atomic E-state index is 0.0209. The molecule has 0 aromatic carbocycles. The van der Waals surface area contributed by atoms with E-state index in [0.717, 1.165) is 12.2 Å². The molecule has 2 N–H and O–H groups in total. The Morgan fingerprint density at radius 2 is 2.29 bits per heavy atom. The van der Waals surface area contributed by atoms with Crippen LogP contribution in [0.4, 0.5) is 4.79 Å². The van der Waals surface area contributed by atoms with Crippen molar-refractivity contribution in [1.29, 1.82) is 0 Å². The molecule has 0 bridgehead atoms. The Labute approximate surface area is 130 Å². The van der Waals surface area contributed by atoms with Gasteiger partial charge in [0.15, 0.2) is 0 Å². The molecule has 1 aliphatic carbocycles. The summed E-state index contributed by atoms with van der Waals surface area (Å²) >= 11 is 1.96. The molecule has 2 rings (SSSR count). The van der Waals surface area contributed by atoms with E-state index in [1.807, 2.05) is 18.7 Å². The molecule has 2 amide bonds. The van der Waals surface area contributed by atoms with Gasteiger partial charge in [0.2, 0.25) is 0 Å². The molecule has 6 nitrogen and oxygen atoms in total. The lowest BCUT2D eigenvalue weighted by atomic mass is 9.95. The lowest BCUT2D eigenvalue weighted by Gasteiger charge is -2.32. The predicted octanol–water partition coefficient (Wildman–Crippen LogP) is 2.03. The van der Waals surface area contributed by atoms with E-state index in [9.17, 15) is 4.79 Å². The lowest BCUT2D eigenvalue weighted by molar-refractivity contribution is 0.228. The Bertz CT molecular complexity index is 423. The van der Waals surface area contributed by atoms with Gasteiger partial charge in [0.25, 0.3) is 0 Å². The molecule has 0 unspecified atom stereocenters. The first-order chi connectivity index (χ1) is 10.2. The fraction of sp³-hybridized carbons (Fsp3) is 0.786. The monoisotopic (exact) mass is 311 g/mol. The van der Waals surface area contributed by atoms with Gasteiger partial charge in [0, 0.05) is 17.3 Å². The molecule has 0 radical (unpaired) electrons. The molecule has 7 heteroatoms. The third-order valence-corrected chi connectivity index (χ3v) is 5.03. The fourth-order valence-corrected chi connectivity index (χ4v) is 3.96. The van der Waals surface area contributed by atoms with E-state index in [4.69, 9.17) is 0 Å². The summed E-state index contributed by atoms with van der Waals surface area (Å²) in [6.45, 7) is 4.78. The molecular weight excluding hydrogens is 286 g/mol. The van der Waals surface area contributed by atoms with Crippen molar-refractivity contribution in [3.8, 4) is 0 Å². The van der Waals surface area contributed by atoms with E-state index in [1.165, 1.54) is 25.6 Å². The summed E-state index contributed by atoms with van der Waals surface area (Å²) in [6, 6.07) is 0.242. The number of hydrogen-bond donors (Lipinski definition) is 2. The van der Waals surface area contributed by atoms with E-state index >= 15 is 0 Å². The Morgan fingerprint density at radius 1 is 1.48 bits per heavy atom. The molecule has 1 fully saturated rings. The first kappa shape index (κ1) is 16.1. The molecule has 1 aromatic heterocycles. The summed E-state index contributed by atoms with van der Waals surface area (Å²) < 4.78 is 1.72. The topological polar surface area (TPSA) is 71.8 Å². The Hall–Kier alpha value is -1.24. The van der Waals surface area contributed by atoms with Gasteiger partial charge in [-0.2, -0.15) is 16.9 Å². The molecule has 3 atom stereocenters. The van der Waals surface area contributed by atoms with E-state index in [-0.39, 0.29) is 12.1 Å². The van der Waals surface area contributed by atoms with Gasteiger partial charge >= 0.3 is 6.03 Å². The van der Waals surface area contributed by atoms with Crippen LogP contribution >= 0.6 is 11.8 Å². The third-order valence-electron chi connectivity index (χ3n) is 3.70. The maximum absolute atomic E-state index is 12.1. The van der Waals surface area contributed by atoms with Crippen LogP contribution in [0, 0.1) is 0 Å². The number of aromatic nitrogens is 3. The van der Waals surface area contributed by atoms with Crippen molar-refractivity contribution in [3.05, 3.63) is 12.7 Å². The summed E-state index contributed by atoms with van der Waals surface area (Å²) in [5, 5.41) is 10.7. The van der Waals surface area contributed by atoms with Crippen molar-refractivity contribution in [2.75, 3.05) is 5.75 Å². The largest absolute Gasteiger partial charge is 0.334 e. The Morgan fingerprint density at radius 3 is 3.00 bits per heavy atom. The van der Waals surface area contributed by atoms with Crippen molar-refractivity contribution < 1.29 is 4.79 Å².